The van der Waals surface area contributed by atoms with E-state index < -0.39 is 0 Å². The lowest BCUT2D eigenvalue weighted by Gasteiger charge is -2.22. The summed E-state index contributed by atoms with van der Waals surface area (Å²) in [6.07, 6.45) is 2.68. The van der Waals surface area contributed by atoms with Crippen LogP contribution in [0.4, 0.5) is 5.69 Å². The Morgan fingerprint density at radius 3 is 3.12 bits per heavy atom. The van der Waals surface area contributed by atoms with Crippen LogP contribution in [0, 0.1) is 12.8 Å². The Morgan fingerprint density at radius 2 is 2.38 bits per heavy atom. The minimum absolute atomic E-state index is 0.819. The van der Waals surface area contributed by atoms with Gasteiger partial charge >= 0.3 is 0 Å². The summed E-state index contributed by atoms with van der Waals surface area (Å²) in [6, 6.07) is 6.19. The maximum atomic E-state index is 5.90. The van der Waals surface area contributed by atoms with Crippen LogP contribution >= 0.6 is 11.8 Å². The standard InChI is InChI=1S/C13H20N2S/c1-10-12(14)5-2-6-13(10)16-9-11-4-3-7-15-8-11/h2,5-6,11,15H,3-4,7-9,14H2,1H3. The third kappa shape index (κ3) is 2.92. The summed E-state index contributed by atoms with van der Waals surface area (Å²) in [7, 11) is 0. The van der Waals surface area contributed by atoms with Gasteiger partial charge in [-0.25, -0.2) is 0 Å². The average Bonchev–Trinajstić information content (AvgIpc) is 2.32. The predicted octanol–water partition coefficient (Wildman–Crippen LogP) is 2.67. The summed E-state index contributed by atoms with van der Waals surface area (Å²) >= 11 is 1.95. The predicted molar refractivity (Wildman–Crippen MR) is 71.9 cm³/mol. The molecule has 1 fully saturated rings. The first-order valence-corrected chi connectivity index (χ1v) is 6.94. The van der Waals surface area contributed by atoms with Gasteiger partial charge in [-0.2, -0.15) is 0 Å². The van der Waals surface area contributed by atoms with Crippen LogP contribution in [0.1, 0.15) is 18.4 Å². The first-order valence-electron chi connectivity index (χ1n) is 5.96. The minimum atomic E-state index is 0.819. The van der Waals surface area contributed by atoms with Crippen molar-refractivity contribution >= 4 is 17.4 Å². The molecule has 16 heavy (non-hydrogen) atoms. The molecule has 0 spiro atoms. The van der Waals surface area contributed by atoms with E-state index in [9.17, 15) is 0 Å². The van der Waals surface area contributed by atoms with Crippen LogP contribution in [-0.4, -0.2) is 18.8 Å². The highest BCUT2D eigenvalue weighted by Gasteiger charge is 2.13. The zero-order valence-corrected chi connectivity index (χ0v) is 10.6. The molecule has 0 bridgehead atoms. The highest BCUT2D eigenvalue weighted by Crippen LogP contribution is 2.28. The van der Waals surface area contributed by atoms with Gasteiger partial charge in [0.2, 0.25) is 0 Å². The second-order valence-corrected chi connectivity index (χ2v) is 5.56. The lowest BCUT2D eigenvalue weighted by atomic mass is 10.0. The van der Waals surface area contributed by atoms with Gasteiger partial charge in [0.15, 0.2) is 0 Å². The molecule has 1 aromatic rings. The number of piperidine rings is 1. The van der Waals surface area contributed by atoms with Crippen LogP contribution in [0.2, 0.25) is 0 Å². The quantitative estimate of drug-likeness (QED) is 0.626. The summed E-state index contributed by atoms with van der Waals surface area (Å²) < 4.78 is 0. The third-order valence-corrected chi connectivity index (χ3v) is 4.59. The Labute approximate surface area is 102 Å². The van der Waals surface area contributed by atoms with E-state index in [2.05, 4.69) is 18.3 Å². The fraction of sp³-hybridized carbons (Fsp3) is 0.538. The maximum absolute atomic E-state index is 5.90. The molecule has 88 valence electrons. The minimum Gasteiger partial charge on any atom is -0.398 e. The normalized spacial score (nSPS) is 20.9. The number of nitrogens with one attached hydrogen (secondary N) is 1. The molecule has 0 amide bonds. The van der Waals surface area contributed by atoms with E-state index in [1.807, 2.05) is 23.9 Å². The number of nitrogen functional groups attached to an aromatic ring is 1. The fourth-order valence-electron chi connectivity index (χ4n) is 2.06. The molecule has 2 nitrogen and oxygen atoms in total. The van der Waals surface area contributed by atoms with E-state index in [-0.39, 0.29) is 0 Å². The van der Waals surface area contributed by atoms with Crippen molar-refractivity contribution in [3.63, 3.8) is 0 Å². The van der Waals surface area contributed by atoms with Crippen molar-refractivity contribution in [2.45, 2.75) is 24.7 Å². The van der Waals surface area contributed by atoms with Crippen LogP contribution in [0.25, 0.3) is 0 Å². The summed E-state index contributed by atoms with van der Waals surface area (Å²) in [5, 5.41) is 3.46. The van der Waals surface area contributed by atoms with Gasteiger partial charge in [0, 0.05) is 16.3 Å². The molecule has 1 aliphatic rings. The van der Waals surface area contributed by atoms with Crippen molar-refractivity contribution in [3.05, 3.63) is 23.8 Å². The number of hydrogen-bond acceptors (Lipinski definition) is 3. The van der Waals surface area contributed by atoms with Crippen molar-refractivity contribution in [1.29, 1.82) is 0 Å². The second kappa shape index (κ2) is 5.60. The summed E-state index contributed by atoms with van der Waals surface area (Å²) in [5.41, 5.74) is 8.05. The monoisotopic (exact) mass is 236 g/mol. The molecule has 0 aliphatic carbocycles. The Hall–Kier alpha value is -0.670. The zero-order valence-electron chi connectivity index (χ0n) is 9.83. The Morgan fingerprint density at radius 1 is 1.50 bits per heavy atom. The van der Waals surface area contributed by atoms with Gasteiger partial charge in [0.05, 0.1) is 0 Å². The van der Waals surface area contributed by atoms with Crippen molar-refractivity contribution in [1.82, 2.24) is 5.32 Å². The molecule has 1 unspecified atom stereocenters. The van der Waals surface area contributed by atoms with E-state index >= 15 is 0 Å². The summed E-state index contributed by atoms with van der Waals surface area (Å²) in [5.74, 6) is 2.02. The number of anilines is 1. The second-order valence-electron chi connectivity index (χ2n) is 4.49. The van der Waals surface area contributed by atoms with Crippen molar-refractivity contribution in [2.75, 3.05) is 24.6 Å². The van der Waals surface area contributed by atoms with Gasteiger partial charge in [-0.05, 0) is 56.5 Å². The van der Waals surface area contributed by atoms with Gasteiger partial charge in [0.1, 0.15) is 0 Å². The molecule has 1 aliphatic heterocycles. The van der Waals surface area contributed by atoms with E-state index in [0.29, 0.717) is 0 Å². The molecule has 3 heteroatoms. The Kier molecular flexibility index (Phi) is 4.13. The molecular formula is C13H20N2S. The van der Waals surface area contributed by atoms with Crippen molar-refractivity contribution in [2.24, 2.45) is 5.92 Å². The molecule has 3 N–H and O–H groups in total. The van der Waals surface area contributed by atoms with E-state index in [4.69, 9.17) is 5.73 Å². The molecule has 0 aromatic heterocycles. The molecule has 1 saturated heterocycles. The molecule has 1 heterocycles. The molecule has 0 saturated carbocycles. The lowest BCUT2D eigenvalue weighted by Crippen LogP contribution is -2.30. The van der Waals surface area contributed by atoms with Crippen LogP contribution in [0.3, 0.4) is 0 Å². The highest BCUT2D eigenvalue weighted by molar-refractivity contribution is 7.99. The lowest BCUT2D eigenvalue weighted by molar-refractivity contribution is 0.410. The van der Waals surface area contributed by atoms with Gasteiger partial charge in [-0.1, -0.05) is 6.07 Å². The zero-order chi connectivity index (χ0) is 11.4. The number of benzene rings is 1. The molecule has 1 aromatic carbocycles. The number of nitrogens with two attached hydrogens (primary N) is 1. The number of hydrogen-bond donors (Lipinski definition) is 2. The maximum Gasteiger partial charge on any atom is 0.0354 e. The van der Waals surface area contributed by atoms with Crippen molar-refractivity contribution in [3.8, 4) is 0 Å². The van der Waals surface area contributed by atoms with Crippen LogP contribution < -0.4 is 11.1 Å². The van der Waals surface area contributed by atoms with Crippen LogP contribution in [0.5, 0.6) is 0 Å². The van der Waals surface area contributed by atoms with Gasteiger partial charge in [-0.3, -0.25) is 0 Å². The van der Waals surface area contributed by atoms with E-state index in [0.717, 1.165) is 11.6 Å². The van der Waals surface area contributed by atoms with Gasteiger partial charge in [0.25, 0.3) is 0 Å². The number of thioether (sulfide) groups is 1. The van der Waals surface area contributed by atoms with Crippen LogP contribution in [-0.2, 0) is 0 Å². The largest absolute Gasteiger partial charge is 0.398 e. The first-order chi connectivity index (χ1) is 7.77. The van der Waals surface area contributed by atoms with Gasteiger partial charge < -0.3 is 11.1 Å². The van der Waals surface area contributed by atoms with Crippen LogP contribution in [0.15, 0.2) is 23.1 Å². The number of rotatable bonds is 3. The Bertz CT molecular complexity index is 346. The Balaban J connectivity index is 1.91. The third-order valence-electron chi connectivity index (χ3n) is 3.20. The molecule has 1 atom stereocenters. The molecular weight excluding hydrogens is 216 g/mol. The van der Waals surface area contributed by atoms with E-state index in [1.54, 1.807) is 0 Å². The van der Waals surface area contributed by atoms with Crippen molar-refractivity contribution < 1.29 is 0 Å². The summed E-state index contributed by atoms with van der Waals surface area (Å²) in [6.45, 7) is 4.48. The SMILES string of the molecule is Cc1c(N)cccc1SCC1CCCNC1. The highest BCUT2D eigenvalue weighted by atomic mass is 32.2. The fourth-order valence-corrected chi connectivity index (χ4v) is 3.27. The molecule has 0 radical (unpaired) electrons. The summed E-state index contributed by atoms with van der Waals surface area (Å²) in [4.78, 5) is 1.34. The smallest absolute Gasteiger partial charge is 0.0354 e. The molecule has 2 rings (SSSR count). The average molecular weight is 236 g/mol. The van der Waals surface area contributed by atoms with Gasteiger partial charge in [-0.15, -0.1) is 11.8 Å². The topological polar surface area (TPSA) is 38.0 Å². The van der Waals surface area contributed by atoms with E-state index in [1.165, 1.54) is 42.1 Å². The first kappa shape index (κ1) is 11.8.